The molecule has 1 aliphatic rings. The largest absolute Gasteiger partial charge is 0.494 e. The van der Waals surface area contributed by atoms with Crippen LogP contribution in [0.5, 0.6) is 0 Å². The molecule has 0 aliphatic carbocycles. The average molecular weight is 1220 g/mol. The van der Waals surface area contributed by atoms with Gasteiger partial charge >= 0.3 is 7.12 Å². The van der Waals surface area contributed by atoms with Gasteiger partial charge in [-0.1, -0.05) is 303 Å². The van der Waals surface area contributed by atoms with E-state index in [0.29, 0.717) is 0 Å². The standard InChI is InChI=1S/C40H26.C24H15Br.C22H23BO2.H2/c1-2-12-31-26-32(25-20-27(31)10-1)40-37-17-7-5-15-35(37)39(36-16-6-8-18-38(36)40)30-23-21-29(22-24-30)34-19-9-13-28-11-3-4-14-33(28)34;25-24-21-11-5-3-9-19(21)23(20-10-4-6-12-22(20)24)18-14-13-16-7-1-2-8-17(16)15-18;1-21(2)22(3,4)25-23(24-21)18-14-12-17(13-15-18)20-11-7-9-16-8-5-6-10-19(16)20;/h1-26H;1-15H;5-15H,1-4H3;1H. The van der Waals surface area contributed by atoms with Crippen molar-refractivity contribution in [3.05, 3.63) is 320 Å². The van der Waals surface area contributed by atoms with E-state index in [1.54, 1.807) is 0 Å². The van der Waals surface area contributed by atoms with Crippen molar-refractivity contribution in [2.24, 2.45) is 0 Å². The van der Waals surface area contributed by atoms with Gasteiger partial charge in [0.25, 0.3) is 0 Å². The monoisotopic (exact) mass is 1220 g/mol. The molecule has 1 saturated heterocycles. The topological polar surface area (TPSA) is 18.5 Å². The van der Waals surface area contributed by atoms with E-state index in [1.807, 2.05) is 0 Å². The van der Waals surface area contributed by atoms with Crippen LogP contribution in [0.1, 0.15) is 29.1 Å². The van der Waals surface area contributed by atoms with Gasteiger partial charge in [-0.05, 0) is 203 Å². The molecular weight excluding hydrogens is 1160 g/mol. The van der Waals surface area contributed by atoms with Gasteiger partial charge in [0, 0.05) is 5.90 Å². The van der Waals surface area contributed by atoms with Crippen LogP contribution in [0, 0.1) is 0 Å². The van der Waals surface area contributed by atoms with Gasteiger partial charge in [0.15, 0.2) is 0 Å². The summed E-state index contributed by atoms with van der Waals surface area (Å²) in [6, 6.07) is 114. The van der Waals surface area contributed by atoms with E-state index in [1.165, 1.54) is 146 Å². The number of hydrogen-bond acceptors (Lipinski definition) is 2. The van der Waals surface area contributed by atoms with Crippen LogP contribution in [-0.4, -0.2) is 18.3 Å². The lowest BCUT2D eigenvalue weighted by atomic mass is 9.78. The van der Waals surface area contributed by atoms with Crippen LogP contribution in [0.25, 0.3) is 142 Å². The maximum atomic E-state index is 6.14. The van der Waals surface area contributed by atoms with Crippen LogP contribution in [0.2, 0.25) is 0 Å². The van der Waals surface area contributed by atoms with Gasteiger partial charge in [-0.3, -0.25) is 0 Å². The fourth-order valence-corrected chi connectivity index (χ4v) is 14.1. The van der Waals surface area contributed by atoms with Crippen molar-refractivity contribution in [1.29, 1.82) is 0 Å². The molecule has 90 heavy (non-hydrogen) atoms. The summed E-state index contributed by atoms with van der Waals surface area (Å²) in [5.74, 6) is 0. The molecule has 16 aromatic carbocycles. The van der Waals surface area contributed by atoms with E-state index in [0.717, 1.165) is 5.46 Å². The molecule has 0 radical (unpaired) electrons. The highest BCUT2D eigenvalue weighted by Crippen LogP contribution is 2.46. The lowest BCUT2D eigenvalue weighted by molar-refractivity contribution is 0.00578. The van der Waals surface area contributed by atoms with E-state index >= 15 is 0 Å². The minimum atomic E-state index is -0.314. The number of benzene rings is 16. The molecule has 0 atom stereocenters. The number of fused-ring (bicyclic) bond motifs is 8. The number of hydrogen-bond donors (Lipinski definition) is 0. The first-order chi connectivity index (χ1) is 44.0. The van der Waals surface area contributed by atoms with E-state index in [2.05, 4.69) is 359 Å². The van der Waals surface area contributed by atoms with Crippen LogP contribution < -0.4 is 5.46 Å². The van der Waals surface area contributed by atoms with Gasteiger partial charge < -0.3 is 9.31 Å². The summed E-state index contributed by atoms with van der Waals surface area (Å²) in [5.41, 5.74) is 13.0. The van der Waals surface area contributed by atoms with Crippen molar-refractivity contribution in [1.82, 2.24) is 0 Å². The van der Waals surface area contributed by atoms with Gasteiger partial charge in [-0.15, -0.1) is 0 Å². The first-order valence-electron chi connectivity index (χ1n) is 31.1. The van der Waals surface area contributed by atoms with Crippen molar-refractivity contribution in [2.45, 2.75) is 38.9 Å². The van der Waals surface area contributed by atoms with Crippen LogP contribution in [0.15, 0.2) is 320 Å². The van der Waals surface area contributed by atoms with E-state index < -0.39 is 0 Å². The zero-order valence-corrected chi connectivity index (χ0v) is 52.4. The second-order valence-electron chi connectivity index (χ2n) is 24.6. The molecule has 1 heterocycles. The van der Waals surface area contributed by atoms with Gasteiger partial charge in [-0.25, -0.2) is 0 Å². The highest BCUT2D eigenvalue weighted by molar-refractivity contribution is 9.10. The van der Waals surface area contributed by atoms with Gasteiger partial charge in [0.05, 0.1) is 11.2 Å². The lowest BCUT2D eigenvalue weighted by Crippen LogP contribution is -2.41. The third-order valence-electron chi connectivity index (χ3n) is 18.7. The summed E-state index contributed by atoms with van der Waals surface area (Å²) in [4.78, 5) is 0. The molecule has 2 nitrogen and oxygen atoms in total. The van der Waals surface area contributed by atoms with Crippen molar-refractivity contribution < 1.29 is 10.7 Å². The normalized spacial score (nSPS) is 13.5. The van der Waals surface area contributed by atoms with Crippen LogP contribution in [0.3, 0.4) is 0 Å². The fraction of sp³-hybridized carbons (Fsp3) is 0.0698. The summed E-state index contributed by atoms with van der Waals surface area (Å²) in [6.45, 7) is 8.32. The molecule has 0 bridgehead atoms. The second-order valence-corrected chi connectivity index (χ2v) is 25.4. The molecule has 432 valence electrons. The van der Waals surface area contributed by atoms with Gasteiger partial charge in [-0.2, -0.15) is 0 Å². The molecule has 0 spiro atoms. The SMILES string of the molecule is Brc1c2ccccc2c(-c2ccc3ccccc3c2)c2ccccc12.CC1(C)OB(c2ccc(-c3cccc4ccccc34)cc2)OC1(C)C.[HH].c1ccc2cc(-c3c4ccccc4c(-c4ccc(-c5cccc6ccccc56)cc4)c4ccccc34)ccc2c1. The zero-order chi connectivity index (χ0) is 60.9. The molecule has 0 unspecified atom stereocenters. The molecular formula is C86H66BBrO2. The van der Waals surface area contributed by atoms with Crippen molar-refractivity contribution in [3.8, 4) is 55.6 Å². The highest BCUT2D eigenvalue weighted by atomic mass is 79.9. The summed E-state index contributed by atoms with van der Waals surface area (Å²) >= 11 is 3.83. The highest BCUT2D eigenvalue weighted by Gasteiger charge is 2.51. The Balaban J connectivity index is 0.000000124. The maximum absolute atomic E-state index is 6.14. The first kappa shape index (κ1) is 56.6. The average Bonchev–Trinajstić information content (AvgIpc) is 1.54. The zero-order valence-electron chi connectivity index (χ0n) is 50.8. The van der Waals surface area contributed by atoms with E-state index in [-0.39, 0.29) is 19.7 Å². The Labute approximate surface area is 536 Å². The summed E-state index contributed by atoms with van der Waals surface area (Å²) < 4.78 is 13.5. The molecule has 4 heteroatoms. The van der Waals surface area contributed by atoms with E-state index in [9.17, 15) is 0 Å². The summed E-state index contributed by atoms with van der Waals surface area (Å²) in [5, 5.41) is 20.4. The van der Waals surface area contributed by atoms with Crippen molar-refractivity contribution in [2.75, 3.05) is 0 Å². The number of halogens is 1. The molecule has 17 rings (SSSR count). The summed E-state index contributed by atoms with van der Waals surface area (Å²) in [7, 11) is -0.313. The molecule has 1 aliphatic heterocycles. The molecule has 0 saturated carbocycles. The molecule has 1 fully saturated rings. The van der Waals surface area contributed by atoms with Crippen LogP contribution in [0.4, 0.5) is 0 Å². The minimum absolute atomic E-state index is 0. The van der Waals surface area contributed by atoms with Crippen LogP contribution in [-0.2, 0) is 9.31 Å². The Kier molecular flexibility index (Phi) is 14.8. The van der Waals surface area contributed by atoms with Crippen LogP contribution >= 0.6 is 15.9 Å². The number of rotatable bonds is 6. The quantitative estimate of drug-likeness (QED) is 0.122. The third kappa shape index (κ3) is 10.4. The minimum Gasteiger partial charge on any atom is -0.399 e. The smallest absolute Gasteiger partial charge is 0.399 e. The molecule has 16 aromatic rings. The Morgan fingerprint density at radius 3 is 0.933 bits per heavy atom. The lowest BCUT2D eigenvalue weighted by Gasteiger charge is -2.32. The Bertz CT molecular complexity index is 5260. The first-order valence-corrected chi connectivity index (χ1v) is 31.9. The van der Waals surface area contributed by atoms with Crippen molar-refractivity contribution in [3.63, 3.8) is 0 Å². The Morgan fingerprint density at radius 2 is 0.533 bits per heavy atom. The molecule has 0 aromatic heterocycles. The Morgan fingerprint density at radius 1 is 0.256 bits per heavy atom. The molecule has 0 amide bonds. The predicted molar refractivity (Wildman–Crippen MR) is 392 cm³/mol. The predicted octanol–water partition coefficient (Wildman–Crippen LogP) is 23.9. The fourth-order valence-electron chi connectivity index (χ4n) is 13.4. The van der Waals surface area contributed by atoms with Gasteiger partial charge in [0.1, 0.15) is 0 Å². The van der Waals surface area contributed by atoms with E-state index in [4.69, 9.17) is 9.31 Å². The Hall–Kier alpha value is -9.94. The third-order valence-corrected chi connectivity index (χ3v) is 19.5. The second kappa shape index (κ2) is 23.5. The van der Waals surface area contributed by atoms with Crippen molar-refractivity contribution >= 4 is 115 Å². The summed E-state index contributed by atoms with van der Waals surface area (Å²) in [6.07, 6.45) is 0. The van der Waals surface area contributed by atoms with Gasteiger partial charge in [0.2, 0.25) is 0 Å². The maximum Gasteiger partial charge on any atom is 0.494 e. The molecule has 0 N–H and O–H groups in total.